The Morgan fingerprint density at radius 2 is 2.21 bits per heavy atom. The Balaban J connectivity index is 2.91. The number of sulfonamides is 1. The van der Waals surface area contributed by atoms with Crippen LogP contribution in [-0.2, 0) is 10.0 Å². The number of rotatable bonds is 4. The molecular weight excluding hydrogens is 200 g/mol. The van der Waals surface area contributed by atoms with Gasteiger partial charge in [0, 0.05) is 12.7 Å². The number of hydrogen-bond donors (Lipinski definition) is 1. The summed E-state index contributed by atoms with van der Waals surface area (Å²) in [6, 6.07) is 5.25. The van der Waals surface area contributed by atoms with Gasteiger partial charge in [-0.25, -0.2) is 13.1 Å². The zero-order chi connectivity index (χ0) is 10.6. The van der Waals surface area contributed by atoms with E-state index in [1.54, 1.807) is 38.2 Å². The lowest BCUT2D eigenvalue weighted by Gasteiger charge is -2.11. The third-order valence-electron chi connectivity index (χ3n) is 1.92. The molecule has 1 unspecified atom stereocenters. The van der Waals surface area contributed by atoms with Crippen molar-refractivity contribution in [3.05, 3.63) is 30.1 Å². The standard InChI is InChI=1S/C9H14N2O2S/c1-3-11-14(12,13)8(2)9-6-4-5-7-10-9/h4-8,11H,3H2,1-2H3. The normalized spacial score (nSPS) is 13.9. The van der Waals surface area contributed by atoms with Crippen molar-refractivity contribution >= 4 is 10.0 Å². The second kappa shape index (κ2) is 4.52. The zero-order valence-corrected chi connectivity index (χ0v) is 9.08. The largest absolute Gasteiger partial charge is 0.260 e. The van der Waals surface area contributed by atoms with Gasteiger partial charge < -0.3 is 0 Å². The van der Waals surface area contributed by atoms with E-state index in [9.17, 15) is 8.42 Å². The van der Waals surface area contributed by atoms with E-state index in [0.29, 0.717) is 12.2 Å². The minimum atomic E-state index is -3.28. The van der Waals surface area contributed by atoms with Crippen LogP contribution in [-0.4, -0.2) is 19.9 Å². The molecule has 5 heteroatoms. The van der Waals surface area contributed by atoms with E-state index >= 15 is 0 Å². The molecule has 14 heavy (non-hydrogen) atoms. The number of nitrogens with zero attached hydrogens (tertiary/aromatic N) is 1. The first kappa shape index (κ1) is 11.1. The van der Waals surface area contributed by atoms with Crippen molar-refractivity contribution in [3.63, 3.8) is 0 Å². The summed E-state index contributed by atoms with van der Waals surface area (Å²) >= 11 is 0. The number of nitrogens with one attached hydrogen (secondary N) is 1. The molecule has 1 aromatic rings. The molecule has 0 aromatic carbocycles. The fourth-order valence-corrected chi connectivity index (χ4v) is 2.21. The van der Waals surface area contributed by atoms with Crippen LogP contribution in [0, 0.1) is 0 Å². The Kier molecular flexibility index (Phi) is 3.60. The molecule has 0 aliphatic heterocycles. The highest BCUT2D eigenvalue weighted by Gasteiger charge is 2.21. The molecule has 1 N–H and O–H groups in total. The van der Waals surface area contributed by atoms with Gasteiger partial charge in [0.15, 0.2) is 0 Å². The van der Waals surface area contributed by atoms with Gasteiger partial charge in [-0.2, -0.15) is 0 Å². The van der Waals surface area contributed by atoms with Gasteiger partial charge >= 0.3 is 0 Å². The monoisotopic (exact) mass is 214 g/mol. The Labute approximate surface area is 84.4 Å². The lowest BCUT2D eigenvalue weighted by Crippen LogP contribution is -2.27. The van der Waals surface area contributed by atoms with E-state index in [1.807, 2.05) is 0 Å². The van der Waals surface area contributed by atoms with Gasteiger partial charge in [0.25, 0.3) is 0 Å². The smallest absolute Gasteiger partial charge is 0.219 e. The van der Waals surface area contributed by atoms with E-state index in [4.69, 9.17) is 0 Å². The van der Waals surface area contributed by atoms with Crippen molar-refractivity contribution in [1.82, 2.24) is 9.71 Å². The Hall–Kier alpha value is -0.940. The molecule has 0 bridgehead atoms. The molecule has 0 aliphatic carbocycles. The Morgan fingerprint density at radius 1 is 1.50 bits per heavy atom. The molecule has 0 spiro atoms. The van der Waals surface area contributed by atoms with Crippen LogP contribution < -0.4 is 4.72 Å². The van der Waals surface area contributed by atoms with Crippen LogP contribution in [0.1, 0.15) is 24.8 Å². The van der Waals surface area contributed by atoms with Gasteiger partial charge in [0.2, 0.25) is 10.0 Å². The molecule has 1 atom stereocenters. The SMILES string of the molecule is CCNS(=O)(=O)C(C)c1ccccn1. The Morgan fingerprint density at radius 3 is 2.71 bits per heavy atom. The molecule has 1 rings (SSSR count). The van der Waals surface area contributed by atoms with Crippen molar-refractivity contribution in [3.8, 4) is 0 Å². The third kappa shape index (κ3) is 2.52. The maximum absolute atomic E-state index is 11.6. The second-order valence-electron chi connectivity index (χ2n) is 2.94. The molecule has 1 aromatic heterocycles. The second-order valence-corrected chi connectivity index (χ2v) is 5.03. The van der Waals surface area contributed by atoms with E-state index in [1.165, 1.54) is 0 Å². The summed E-state index contributed by atoms with van der Waals surface area (Å²) in [6.45, 7) is 3.78. The minimum Gasteiger partial charge on any atom is -0.260 e. The van der Waals surface area contributed by atoms with E-state index in [-0.39, 0.29) is 0 Å². The highest BCUT2D eigenvalue weighted by atomic mass is 32.2. The molecule has 78 valence electrons. The van der Waals surface area contributed by atoms with Crippen molar-refractivity contribution in [2.45, 2.75) is 19.1 Å². The van der Waals surface area contributed by atoms with Gasteiger partial charge in [-0.15, -0.1) is 0 Å². The van der Waals surface area contributed by atoms with Gasteiger partial charge in [0.1, 0.15) is 5.25 Å². The summed E-state index contributed by atoms with van der Waals surface area (Å²) in [5.41, 5.74) is 0.563. The van der Waals surface area contributed by atoms with Crippen molar-refractivity contribution in [1.29, 1.82) is 0 Å². The van der Waals surface area contributed by atoms with E-state index in [2.05, 4.69) is 9.71 Å². The van der Waals surface area contributed by atoms with Crippen LogP contribution in [0.15, 0.2) is 24.4 Å². The molecule has 0 amide bonds. The minimum absolute atomic E-state index is 0.402. The molecule has 0 saturated carbocycles. The lowest BCUT2D eigenvalue weighted by molar-refractivity contribution is 0.572. The van der Waals surface area contributed by atoms with Gasteiger partial charge in [-0.1, -0.05) is 13.0 Å². The summed E-state index contributed by atoms with van der Waals surface area (Å²) in [5, 5.41) is -0.608. The summed E-state index contributed by atoms with van der Waals surface area (Å²) < 4.78 is 25.6. The number of aromatic nitrogens is 1. The lowest BCUT2D eigenvalue weighted by atomic mass is 10.3. The van der Waals surface area contributed by atoms with Crippen LogP contribution in [0.2, 0.25) is 0 Å². The van der Waals surface area contributed by atoms with Crippen LogP contribution in [0.5, 0.6) is 0 Å². The van der Waals surface area contributed by atoms with Gasteiger partial charge in [0.05, 0.1) is 5.69 Å². The summed E-state index contributed by atoms with van der Waals surface area (Å²) in [4.78, 5) is 4.01. The summed E-state index contributed by atoms with van der Waals surface area (Å²) in [7, 11) is -3.28. The average Bonchev–Trinajstić information content (AvgIpc) is 2.18. The predicted octanol–water partition coefficient (Wildman–Crippen LogP) is 1.08. The molecule has 1 heterocycles. The first-order valence-corrected chi connectivity index (χ1v) is 6.02. The highest BCUT2D eigenvalue weighted by molar-refractivity contribution is 7.89. The fraction of sp³-hybridized carbons (Fsp3) is 0.444. The average molecular weight is 214 g/mol. The predicted molar refractivity (Wildman–Crippen MR) is 55.2 cm³/mol. The van der Waals surface area contributed by atoms with Crippen LogP contribution in [0.4, 0.5) is 0 Å². The highest BCUT2D eigenvalue weighted by Crippen LogP contribution is 2.17. The first-order valence-electron chi connectivity index (χ1n) is 4.47. The maximum atomic E-state index is 11.6. The summed E-state index contributed by atoms with van der Waals surface area (Å²) in [5.74, 6) is 0. The van der Waals surface area contributed by atoms with Gasteiger partial charge in [-0.05, 0) is 19.1 Å². The molecule has 0 saturated heterocycles. The van der Waals surface area contributed by atoms with E-state index < -0.39 is 15.3 Å². The zero-order valence-electron chi connectivity index (χ0n) is 8.27. The molecular formula is C9H14N2O2S. The van der Waals surface area contributed by atoms with Crippen LogP contribution in [0.3, 0.4) is 0 Å². The summed E-state index contributed by atoms with van der Waals surface area (Å²) in [6.07, 6.45) is 1.59. The topological polar surface area (TPSA) is 59.1 Å². The van der Waals surface area contributed by atoms with Crippen LogP contribution >= 0.6 is 0 Å². The maximum Gasteiger partial charge on any atom is 0.219 e. The van der Waals surface area contributed by atoms with Gasteiger partial charge in [-0.3, -0.25) is 4.98 Å². The van der Waals surface area contributed by atoms with Crippen molar-refractivity contribution in [2.75, 3.05) is 6.54 Å². The first-order chi connectivity index (χ1) is 6.58. The van der Waals surface area contributed by atoms with Crippen LogP contribution in [0.25, 0.3) is 0 Å². The Bertz CT molecular complexity index is 375. The molecule has 0 radical (unpaired) electrons. The van der Waals surface area contributed by atoms with Crippen molar-refractivity contribution < 1.29 is 8.42 Å². The molecule has 4 nitrogen and oxygen atoms in total. The number of hydrogen-bond acceptors (Lipinski definition) is 3. The number of pyridine rings is 1. The van der Waals surface area contributed by atoms with E-state index in [0.717, 1.165) is 0 Å². The molecule has 0 fully saturated rings. The van der Waals surface area contributed by atoms with Crippen molar-refractivity contribution in [2.24, 2.45) is 0 Å². The third-order valence-corrected chi connectivity index (χ3v) is 3.78. The quantitative estimate of drug-likeness (QED) is 0.816. The fourth-order valence-electron chi connectivity index (χ4n) is 1.10. The molecule has 0 aliphatic rings.